The van der Waals surface area contributed by atoms with Gasteiger partial charge in [-0.1, -0.05) is 29.8 Å². The monoisotopic (exact) mass is 532 g/mol. The van der Waals surface area contributed by atoms with Crippen LogP contribution in [0.3, 0.4) is 0 Å². The second-order valence-corrected chi connectivity index (χ2v) is 9.77. The molecular formula is C29H32N4O6. The Morgan fingerprint density at radius 3 is 2.62 bits per heavy atom. The highest BCUT2D eigenvalue weighted by Crippen LogP contribution is 2.32. The summed E-state index contributed by atoms with van der Waals surface area (Å²) < 4.78 is 13.0. The van der Waals surface area contributed by atoms with E-state index in [2.05, 4.69) is 16.7 Å². The highest BCUT2D eigenvalue weighted by Gasteiger charge is 2.17. The number of ether oxygens (including phenoxy) is 2. The van der Waals surface area contributed by atoms with E-state index in [0.29, 0.717) is 28.9 Å². The van der Waals surface area contributed by atoms with E-state index in [1.807, 2.05) is 6.07 Å². The Labute approximate surface area is 225 Å². The van der Waals surface area contributed by atoms with Crippen LogP contribution in [0, 0.1) is 0 Å². The van der Waals surface area contributed by atoms with Gasteiger partial charge in [0.15, 0.2) is 11.5 Å². The number of para-hydroxylation sites is 1. The van der Waals surface area contributed by atoms with Crippen molar-refractivity contribution in [3.63, 3.8) is 0 Å². The number of carbonyl (C=O) groups excluding carboxylic acids is 2. The van der Waals surface area contributed by atoms with Crippen molar-refractivity contribution in [2.24, 2.45) is 0 Å². The molecule has 1 aromatic heterocycles. The molecule has 0 atom stereocenters. The number of hydrogen-bond donors (Lipinski definition) is 2. The maximum atomic E-state index is 13.3. The van der Waals surface area contributed by atoms with Crippen molar-refractivity contribution in [3.8, 4) is 11.5 Å². The molecule has 2 aromatic carbocycles. The van der Waals surface area contributed by atoms with Gasteiger partial charge in [0.25, 0.3) is 5.56 Å². The molecule has 0 saturated carbocycles. The molecule has 10 nitrogen and oxygen atoms in total. The molecule has 0 spiro atoms. The van der Waals surface area contributed by atoms with E-state index in [1.54, 1.807) is 36.4 Å². The third kappa shape index (κ3) is 6.22. The number of rotatable bonds is 10. The van der Waals surface area contributed by atoms with Gasteiger partial charge in [0.05, 0.1) is 10.9 Å². The summed E-state index contributed by atoms with van der Waals surface area (Å²) in [6.45, 7) is 0.618. The smallest absolute Gasteiger partial charge is 0.331 e. The van der Waals surface area contributed by atoms with E-state index >= 15 is 0 Å². The Morgan fingerprint density at radius 2 is 1.77 bits per heavy atom. The Balaban J connectivity index is 1.24. The average molecular weight is 533 g/mol. The molecule has 0 radical (unpaired) electrons. The van der Waals surface area contributed by atoms with E-state index in [9.17, 15) is 19.2 Å². The average Bonchev–Trinajstić information content (AvgIpc) is 3.43. The van der Waals surface area contributed by atoms with Crippen molar-refractivity contribution in [1.29, 1.82) is 0 Å². The number of hydrogen-bond acceptors (Lipinski definition) is 6. The summed E-state index contributed by atoms with van der Waals surface area (Å²) in [6, 6.07) is 12.1. The van der Waals surface area contributed by atoms with Crippen molar-refractivity contribution in [1.82, 2.24) is 19.8 Å². The highest BCUT2D eigenvalue weighted by molar-refractivity contribution is 5.81. The molecule has 0 saturated heterocycles. The van der Waals surface area contributed by atoms with Gasteiger partial charge in [0, 0.05) is 26.1 Å². The third-order valence-corrected chi connectivity index (χ3v) is 7.08. The largest absolute Gasteiger partial charge is 0.454 e. The van der Waals surface area contributed by atoms with Gasteiger partial charge in [-0.15, -0.1) is 0 Å². The molecule has 5 rings (SSSR count). The van der Waals surface area contributed by atoms with Crippen LogP contribution in [0.1, 0.15) is 44.1 Å². The lowest BCUT2D eigenvalue weighted by molar-refractivity contribution is -0.122. The molecule has 10 heteroatoms. The van der Waals surface area contributed by atoms with Crippen LogP contribution in [0.2, 0.25) is 0 Å². The molecule has 1 aliphatic heterocycles. The normalized spacial score (nSPS) is 14.2. The molecule has 1 aliphatic carbocycles. The maximum Gasteiger partial charge on any atom is 0.331 e. The lowest BCUT2D eigenvalue weighted by Crippen LogP contribution is -2.43. The van der Waals surface area contributed by atoms with E-state index in [4.69, 9.17) is 9.47 Å². The SMILES string of the molecule is O=C(CCn1c(=O)c2ccccc2n(CC(=O)NCCC2=CCCCC2)c1=O)NCc1ccc2c(c1)OCO2. The number of carbonyl (C=O) groups is 2. The van der Waals surface area contributed by atoms with E-state index in [1.165, 1.54) is 23.0 Å². The zero-order chi connectivity index (χ0) is 27.2. The molecule has 3 aromatic rings. The Morgan fingerprint density at radius 1 is 0.923 bits per heavy atom. The summed E-state index contributed by atoms with van der Waals surface area (Å²) in [6.07, 6.45) is 7.51. The molecule has 0 fully saturated rings. The van der Waals surface area contributed by atoms with Crippen LogP contribution >= 0.6 is 0 Å². The molecule has 2 N–H and O–H groups in total. The van der Waals surface area contributed by atoms with Crippen molar-refractivity contribution in [2.75, 3.05) is 13.3 Å². The Hall–Kier alpha value is -4.34. The first-order chi connectivity index (χ1) is 19.0. The molecule has 39 heavy (non-hydrogen) atoms. The van der Waals surface area contributed by atoms with Crippen molar-refractivity contribution in [2.45, 2.75) is 58.2 Å². The maximum absolute atomic E-state index is 13.3. The van der Waals surface area contributed by atoms with Gasteiger partial charge < -0.3 is 20.1 Å². The lowest BCUT2D eigenvalue weighted by Gasteiger charge is -2.15. The molecule has 204 valence electrons. The standard InChI is InChI=1S/C29H32N4O6/c34-26(31-17-21-10-11-24-25(16-21)39-19-38-24)13-15-32-28(36)22-8-4-5-9-23(22)33(29(32)37)18-27(35)30-14-12-20-6-2-1-3-7-20/h4-6,8-11,16H,1-3,7,12-15,17-19H2,(H,30,35)(H,31,34). The number of nitrogens with one attached hydrogen (secondary N) is 2. The fraction of sp³-hybridized carbons (Fsp3) is 0.379. The zero-order valence-corrected chi connectivity index (χ0v) is 21.7. The fourth-order valence-corrected chi connectivity index (χ4v) is 4.97. The minimum absolute atomic E-state index is 0.0701. The van der Waals surface area contributed by atoms with Crippen LogP contribution in [0.25, 0.3) is 10.9 Å². The second kappa shape index (κ2) is 12.0. The van der Waals surface area contributed by atoms with Crippen LogP contribution in [0.5, 0.6) is 11.5 Å². The van der Waals surface area contributed by atoms with Gasteiger partial charge in [-0.3, -0.25) is 23.5 Å². The number of nitrogens with zero attached hydrogens (tertiary/aromatic N) is 2. The number of allylic oxidation sites excluding steroid dienone is 1. The lowest BCUT2D eigenvalue weighted by atomic mass is 9.97. The summed E-state index contributed by atoms with van der Waals surface area (Å²) in [5, 5.41) is 6.02. The molecule has 2 heterocycles. The van der Waals surface area contributed by atoms with Gasteiger partial charge in [0.1, 0.15) is 6.54 Å². The third-order valence-electron chi connectivity index (χ3n) is 7.08. The number of amides is 2. The number of aromatic nitrogens is 2. The molecule has 2 amide bonds. The molecule has 2 aliphatic rings. The number of benzene rings is 2. The van der Waals surface area contributed by atoms with Crippen LogP contribution in [-0.4, -0.2) is 34.3 Å². The van der Waals surface area contributed by atoms with Crippen molar-refractivity contribution in [3.05, 3.63) is 80.5 Å². The van der Waals surface area contributed by atoms with Gasteiger partial charge in [-0.2, -0.15) is 0 Å². The van der Waals surface area contributed by atoms with Crippen LogP contribution in [0.4, 0.5) is 0 Å². The topological polar surface area (TPSA) is 121 Å². The first kappa shape index (κ1) is 26.3. The first-order valence-electron chi connectivity index (χ1n) is 13.3. The van der Waals surface area contributed by atoms with E-state index in [0.717, 1.165) is 29.4 Å². The Bertz CT molecular complexity index is 1540. The first-order valence-corrected chi connectivity index (χ1v) is 13.3. The predicted molar refractivity (Wildman–Crippen MR) is 146 cm³/mol. The minimum atomic E-state index is -0.618. The summed E-state index contributed by atoms with van der Waals surface area (Å²) in [7, 11) is 0. The molecule has 0 unspecified atom stereocenters. The quantitative estimate of drug-likeness (QED) is 0.387. The van der Waals surface area contributed by atoms with Crippen molar-refractivity contribution >= 4 is 22.7 Å². The summed E-state index contributed by atoms with van der Waals surface area (Å²) in [4.78, 5) is 51.8. The fourth-order valence-electron chi connectivity index (χ4n) is 4.97. The highest BCUT2D eigenvalue weighted by atomic mass is 16.7. The summed E-state index contributed by atoms with van der Waals surface area (Å²) in [5.74, 6) is 0.672. The Kier molecular flexibility index (Phi) is 8.10. The van der Waals surface area contributed by atoms with Gasteiger partial charge >= 0.3 is 5.69 Å². The van der Waals surface area contributed by atoms with E-state index < -0.39 is 11.2 Å². The molecule has 0 bridgehead atoms. The van der Waals surface area contributed by atoms with Gasteiger partial charge in [-0.05, 0) is 61.9 Å². The summed E-state index contributed by atoms with van der Waals surface area (Å²) >= 11 is 0. The van der Waals surface area contributed by atoms with Crippen LogP contribution < -0.4 is 31.4 Å². The predicted octanol–water partition coefficient (Wildman–Crippen LogP) is 2.61. The van der Waals surface area contributed by atoms with E-state index in [-0.39, 0.29) is 44.7 Å². The zero-order valence-electron chi connectivity index (χ0n) is 21.7. The summed E-state index contributed by atoms with van der Waals surface area (Å²) in [5.41, 5.74) is 1.48. The number of fused-ring (bicyclic) bond motifs is 2. The van der Waals surface area contributed by atoms with Crippen molar-refractivity contribution < 1.29 is 19.1 Å². The molecular weight excluding hydrogens is 500 g/mol. The van der Waals surface area contributed by atoms with Gasteiger partial charge in [0.2, 0.25) is 18.6 Å². The second-order valence-electron chi connectivity index (χ2n) is 9.77. The van der Waals surface area contributed by atoms with Gasteiger partial charge in [-0.25, -0.2) is 4.79 Å². The van der Waals surface area contributed by atoms with Crippen LogP contribution in [0.15, 0.2) is 63.7 Å². The van der Waals surface area contributed by atoms with Crippen LogP contribution in [-0.2, 0) is 29.2 Å². The minimum Gasteiger partial charge on any atom is -0.454 e.